The van der Waals surface area contributed by atoms with Crippen molar-refractivity contribution in [3.05, 3.63) is 131 Å². The zero-order chi connectivity index (χ0) is 27.9. The number of alkyl carbamates (subject to hydrolysis) is 1. The minimum absolute atomic E-state index is 0.102. The highest BCUT2D eigenvalue weighted by molar-refractivity contribution is 5.89. The van der Waals surface area contributed by atoms with Crippen LogP contribution in [0.1, 0.15) is 28.2 Å². The summed E-state index contributed by atoms with van der Waals surface area (Å²) in [7, 11) is 0. The van der Waals surface area contributed by atoms with Gasteiger partial charge in [-0.1, -0.05) is 109 Å². The number of ether oxygens (including phenoxy) is 1. The van der Waals surface area contributed by atoms with E-state index in [1.165, 1.54) is 0 Å². The third-order valence-corrected chi connectivity index (χ3v) is 7.13. The first-order valence-electron chi connectivity index (χ1n) is 13.2. The average Bonchev–Trinajstić information content (AvgIpc) is 3.30. The van der Waals surface area contributed by atoms with E-state index in [0.29, 0.717) is 0 Å². The van der Waals surface area contributed by atoms with Gasteiger partial charge in [-0.05, 0) is 33.4 Å². The van der Waals surface area contributed by atoms with Gasteiger partial charge in [-0.2, -0.15) is 0 Å². The molecule has 5 rings (SSSR count). The van der Waals surface area contributed by atoms with E-state index in [-0.39, 0.29) is 25.4 Å². The molecule has 7 nitrogen and oxygen atoms in total. The largest absolute Gasteiger partial charge is 0.480 e. The van der Waals surface area contributed by atoms with Crippen LogP contribution in [0.5, 0.6) is 0 Å². The van der Waals surface area contributed by atoms with Crippen molar-refractivity contribution in [3.63, 3.8) is 0 Å². The maximum atomic E-state index is 13.3. The maximum Gasteiger partial charge on any atom is 0.407 e. The van der Waals surface area contributed by atoms with Crippen LogP contribution in [0.25, 0.3) is 11.1 Å². The molecule has 3 N–H and O–H groups in total. The van der Waals surface area contributed by atoms with Gasteiger partial charge in [0.1, 0.15) is 18.7 Å². The number of carbonyl (C=O) groups excluding carboxylic acids is 2. The van der Waals surface area contributed by atoms with Gasteiger partial charge in [-0.15, -0.1) is 0 Å². The van der Waals surface area contributed by atoms with Gasteiger partial charge < -0.3 is 20.5 Å². The molecule has 40 heavy (non-hydrogen) atoms. The maximum absolute atomic E-state index is 13.3. The number of carbonyl (C=O) groups is 3. The van der Waals surface area contributed by atoms with Crippen molar-refractivity contribution in [1.29, 1.82) is 0 Å². The van der Waals surface area contributed by atoms with E-state index in [1.807, 2.05) is 84.9 Å². The third-order valence-electron chi connectivity index (χ3n) is 7.13. The summed E-state index contributed by atoms with van der Waals surface area (Å²) in [6.45, 7) is 0.102. The van der Waals surface area contributed by atoms with Gasteiger partial charge in [0, 0.05) is 18.8 Å². The van der Waals surface area contributed by atoms with Crippen molar-refractivity contribution < 1.29 is 24.2 Å². The molecule has 4 aromatic carbocycles. The first kappa shape index (κ1) is 26.7. The number of benzene rings is 4. The minimum Gasteiger partial charge on any atom is -0.480 e. The lowest BCUT2D eigenvalue weighted by Gasteiger charge is -2.22. The van der Waals surface area contributed by atoms with Gasteiger partial charge in [-0.25, -0.2) is 9.59 Å². The van der Waals surface area contributed by atoms with Crippen molar-refractivity contribution in [2.45, 2.75) is 30.8 Å². The molecule has 0 saturated carbocycles. The topological polar surface area (TPSA) is 105 Å². The van der Waals surface area contributed by atoms with Crippen LogP contribution in [0.3, 0.4) is 0 Å². The molecule has 0 bridgehead atoms. The number of rotatable bonds is 10. The number of carboxylic acid groups (broad SMARTS) is 1. The summed E-state index contributed by atoms with van der Waals surface area (Å²) in [6.07, 6.45) is -0.452. The van der Waals surface area contributed by atoms with Gasteiger partial charge in [0.25, 0.3) is 0 Å². The summed E-state index contributed by atoms with van der Waals surface area (Å²) in [5.74, 6) is -1.88. The Morgan fingerprint density at radius 3 is 1.65 bits per heavy atom. The Balaban J connectivity index is 1.28. The lowest BCUT2D eigenvalue weighted by atomic mass is 9.98. The Hall–Kier alpha value is -4.91. The van der Waals surface area contributed by atoms with E-state index in [4.69, 9.17) is 4.74 Å². The fourth-order valence-electron chi connectivity index (χ4n) is 5.16. The van der Waals surface area contributed by atoms with Gasteiger partial charge in [0.15, 0.2) is 0 Å². The van der Waals surface area contributed by atoms with Crippen LogP contribution in [-0.2, 0) is 27.2 Å². The minimum atomic E-state index is -1.16. The van der Waals surface area contributed by atoms with Crippen molar-refractivity contribution in [2.24, 2.45) is 0 Å². The lowest BCUT2D eigenvalue weighted by molar-refractivity contribution is -0.142. The molecule has 0 spiro atoms. The van der Waals surface area contributed by atoms with Crippen molar-refractivity contribution in [3.8, 4) is 11.1 Å². The molecular weight excluding hydrogens is 504 g/mol. The van der Waals surface area contributed by atoms with Crippen molar-refractivity contribution >= 4 is 18.0 Å². The SMILES string of the molecule is O=C(N[C@H](Cc1ccccc1)C(=O)N[C@H](Cc1ccccc1)C(=O)O)OCC1c2ccccc2-c2ccccc21. The van der Waals surface area contributed by atoms with E-state index < -0.39 is 30.1 Å². The number of hydrogen-bond donors (Lipinski definition) is 3. The van der Waals surface area contributed by atoms with Crippen LogP contribution >= 0.6 is 0 Å². The Morgan fingerprint density at radius 2 is 1.12 bits per heavy atom. The van der Waals surface area contributed by atoms with Gasteiger partial charge in [0.05, 0.1) is 0 Å². The number of nitrogens with one attached hydrogen (secondary N) is 2. The molecule has 0 aromatic heterocycles. The molecule has 1 aliphatic carbocycles. The molecule has 2 amide bonds. The number of hydrogen-bond acceptors (Lipinski definition) is 4. The molecule has 2 atom stereocenters. The highest BCUT2D eigenvalue weighted by atomic mass is 16.5. The summed E-state index contributed by atoms with van der Waals surface area (Å²) in [5, 5.41) is 15.1. The Morgan fingerprint density at radius 1 is 0.650 bits per heavy atom. The second-order valence-corrected chi connectivity index (χ2v) is 9.80. The number of amides is 2. The van der Waals surface area contributed by atoms with Crippen LogP contribution in [0.4, 0.5) is 4.79 Å². The zero-order valence-corrected chi connectivity index (χ0v) is 21.8. The number of aliphatic carboxylic acids is 1. The Kier molecular flexibility index (Phi) is 8.21. The monoisotopic (exact) mass is 534 g/mol. The average molecular weight is 535 g/mol. The van der Waals surface area contributed by atoms with Crippen LogP contribution in [0, 0.1) is 0 Å². The smallest absolute Gasteiger partial charge is 0.407 e. The molecule has 0 radical (unpaired) electrons. The van der Waals surface area contributed by atoms with Gasteiger partial charge in [-0.3, -0.25) is 4.79 Å². The molecule has 0 saturated heterocycles. The highest BCUT2D eigenvalue weighted by Crippen LogP contribution is 2.44. The summed E-state index contributed by atoms with van der Waals surface area (Å²) >= 11 is 0. The molecule has 0 fully saturated rings. The van der Waals surface area contributed by atoms with E-state index in [2.05, 4.69) is 22.8 Å². The quantitative estimate of drug-likeness (QED) is 0.267. The first-order chi connectivity index (χ1) is 19.5. The van der Waals surface area contributed by atoms with Crippen LogP contribution < -0.4 is 10.6 Å². The van der Waals surface area contributed by atoms with Gasteiger partial charge in [0.2, 0.25) is 5.91 Å². The van der Waals surface area contributed by atoms with E-state index >= 15 is 0 Å². The van der Waals surface area contributed by atoms with Crippen molar-refractivity contribution in [2.75, 3.05) is 6.61 Å². The summed E-state index contributed by atoms with van der Waals surface area (Å²) in [5.41, 5.74) is 5.99. The van der Waals surface area contributed by atoms with E-state index in [0.717, 1.165) is 33.4 Å². The molecule has 0 aliphatic heterocycles. The van der Waals surface area contributed by atoms with Crippen LogP contribution in [0.2, 0.25) is 0 Å². The molecule has 1 aliphatic rings. The normalized spacial score (nSPS) is 13.4. The molecular formula is C33H30N2O5. The molecule has 7 heteroatoms. The Bertz CT molecular complexity index is 1440. The fraction of sp³-hybridized carbons (Fsp3) is 0.182. The number of fused-ring (bicyclic) bond motifs is 3. The molecule has 0 unspecified atom stereocenters. The summed E-state index contributed by atoms with van der Waals surface area (Å²) < 4.78 is 5.66. The molecule has 0 heterocycles. The second kappa shape index (κ2) is 12.3. The zero-order valence-electron chi connectivity index (χ0n) is 21.8. The highest BCUT2D eigenvalue weighted by Gasteiger charge is 2.31. The summed E-state index contributed by atoms with van der Waals surface area (Å²) in [4.78, 5) is 38.3. The fourth-order valence-corrected chi connectivity index (χ4v) is 5.16. The Labute approximate surface area is 232 Å². The molecule has 4 aromatic rings. The lowest BCUT2D eigenvalue weighted by Crippen LogP contribution is -2.53. The van der Waals surface area contributed by atoms with Gasteiger partial charge >= 0.3 is 12.1 Å². The molecule has 202 valence electrons. The standard InChI is InChI=1S/C33H30N2O5/c36-31(34-30(32(37)38)20-23-13-5-2-6-14-23)29(19-22-11-3-1-4-12-22)35-33(39)40-21-28-26-17-9-7-15-24(26)25-16-8-10-18-27(25)28/h1-18,28-30H,19-21H2,(H,34,36)(H,35,39)(H,37,38)/t29-,30-/m1/s1. The predicted molar refractivity (Wildman–Crippen MR) is 152 cm³/mol. The van der Waals surface area contributed by atoms with Crippen LogP contribution in [0.15, 0.2) is 109 Å². The summed E-state index contributed by atoms with van der Waals surface area (Å²) in [6, 6.07) is 32.2. The van der Waals surface area contributed by atoms with E-state index in [9.17, 15) is 19.5 Å². The third kappa shape index (κ3) is 6.21. The predicted octanol–water partition coefficient (Wildman–Crippen LogP) is 4.95. The van der Waals surface area contributed by atoms with Crippen molar-refractivity contribution in [1.82, 2.24) is 10.6 Å². The first-order valence-corrected chi connectivity index (χ1v) is 13.2. The van der Waals surface area contributed by atoms with Crippen LogP contribution in [-0.4, -0.2) is 41.8 Å². The second-order valence-electron chi connectivity index (χ2n) is 9.80. The number of carboxylic acids is 1. The van der Waals surface area contributed by atoms with E-state index in [1.54, 1.807) is 12.1 Å².